The van der Waals surface area contributed by atoms with E-state index in [1.54, 1.807) is 0 Å². The van der Waals surface area contributed by atoms with Crippen LogP contribution in [0.5, 0.6) is 0 Å². The molecule has 0 radical (unpaired) electrons. The van der Waals surface area contributed by atoms with E-state index in [-0.39, 0.29) is 5.92 Å². The Bertz CT molecular complexity index is 2120. The molecule has 0 aliphatic heterocycles. The van der Waals surface area contributed by atoms with Gasteiger partial charge in [-0.1, -0.05) is 139 Å². The minimum Gasteiger partial charge on any atom is -0.0720 e. The number of rotatable bonds is 4. The first-order valence-corrected chi connectivity index (χ1v) is 15.1. The normalized spacial score (nSPS) is 14.1. The Morgan fingerprint density at radius 1 is 0.558 bits per heavy atom. The van der Waals surface area contributed by atoms with Gasteiger partial charge in [-0.05, 0) is 109 Å². The molecule has 0 heteroatoms. The van der Waals surface area contributed by atoms with Crippen LogP contribution < -0.4 is 10.4 Å². The molecule has 6 aromatic carbocycles. The number of aryl methyl sites for hydroxylation is 1. The van der Waals surface area contributed by atoms with Crippen LogP contribution in [0.15, 0.2) is 140 Å². The predicted octanol–water partition coefficient (Wildman–Crippen LogP) is 9.19. The SMILES string of the molecule is Cc1ccc2c(c1)C=c1c-2cc(=C(c2ccccc2)c2ccccc2)c(C)c1C1C=Cc2cc(-c3ccccc3)ccc21. The molecule has 1 atom stereocenters. The molecule has 43 heavy (non-hydrogen) atoms. The number of benzene rings is 6. The van der Waals surface area contributed by atoms with E-state index in [0.717, 1.165) is 0 Å². The minimum atomic E-state index is 0.188. The highest BCUT2D eigenvalue weighted by Crippen LogP contribution is 2.39. The van der Waals surface area contributed by atoms with Gasteiger partial charge in [0, 0.05) is 5.92 Å². The van der Waals surface area contributed by atoms with Crippen molar-refractivity contribution < 1.29 is 0 Å². The van der Waals surface area contributed by atoms with Crippen LogP contribution in [0, 0.1) is 13.8 Å². The Hall–Kier alpha value is -5.20. The van der Waals surface area contributed by atoms with Crippen LogP contribution in [0.3, 0.4) is 0 Å². The number of hydrogen-bond donors (Lipinski definition) is 0. The van der Waals surface area contributed by atoms with Crippen molar-refractivity contribution in [3.8, 4) is 22.3 Å². The highest BCUT2D eigenvalue weighted by Gasteiger charge is 2.27. The molecule has 2 aliphatic carbocycles. The predicted molar refractivity (Wildman–Crippen MR) is 181 cm³/mol. The van der Waals surface area contributed by atoms with Gasteiger partial charge in [0.05, 0.1) is 0 Å². The fourth-order valence-corrected chi connectivity index (χ4v) is 7.12. The van der Waals surface area contributed by atoms with Crippen LogP contribution in [0.4, 0.5) is 0 Å². The lowest BCUT2D eigenvalue weighted by Gasteiger charge is -2.20. The van der Waals surface area contributed by atoms with Crippen molar-refractivity contribution in [1.29, 1.82) is 0 Å². The third kappa shape index (κ3) is 4.30. The standard InChI is InChI=1S/C43H32/c1-28-18-21-37-35(24-28)26-41-40(37)27-39(43(31-14-8-4-9-15-31)32-16-10-5-11-17-32)29(2)42(41)38-23-20-34-25-33(19-22-36(34)38)30-12-6-3-7-13-30/h3-27,38H,1-2H3. The van der Waals surface area contributed by atoms with Gasteiger partial charge < -0.3 is 0 Å². The van der Waals surface area contributed by atoms with Crippen LogP contribution >= 0.6 is 0 Å². The molecule has 0 fully saturated rings. The van der Waals surface area contributed by atoms with E-state index in [2.05, 4.69) is 166 Å². The fourth-order valence-electron chi connectivity index (χ4n) is 7.12. The minimum absolute atomic E-state index is 0.188. The molecule has 0 aromatic heterocycles. The molecule has 8 rings (SSSR count). The molecule has 0 saturated carbocycles. The maximum absolute atomic E-state index is 2.46. The summed E-state index contributed by atoms with van der Waals surface area (Å²) in [5, 5.41) is 2.66. The molecule has 0 bridgehead atoms. The molecule has 0 amide bonds. The van der Waals surface area contributed by atoms with Crippen molar-refractivity contribution >= 4 is 17.7 Å². The summed E-state index contributed by atoms with van der Waals surface area (Å²) in [5.74, 6) is 0.188. The molecule has 1 unspecified atom stereocenters. The zero-order chi connectivity index (χ0) is 28.9. The second-order valence-electron chi connectivity index (χ2n) is 11.8. The number of fused-ring (bicyclic) bond motifs is 4. The average molecular weight is 549 g/mol. The molecule has 0 nitrogen and oxygen atoms in total. The van der Waals surface area contributed by atoms with Crippen molar-refractivity contribution in [2.24, 2.45) is 0 Å². The van der Waals surface area contributed by atoms with E-state index in [1.165, 1.54) is 82.8 Å². The zero-order valence-corrected chi connectivity index (χ0v) is 24.5. The van der Waals surface area contributed by atoms with Gasteiger partial charge in [-0.2, -0.15) is 0 Å². The Labute approximate surface area is 253 Å². The molecular weight excluding hydrogens is 516 g/mol. The summed E-state index contributed by atoms with van der Waals surface area (Å²) < 4.78 is 0. The van der Waals surface area contributed by atoms with Crippen LogP contribution in [0.25, 0.3) is 40.0 Å². The summed E-state index contributed by atoms with van der Waals surface area (Å²) in [6.45, 7) is 4.52. The van der Waals surface area contributed by atoms with Crippen molar-refractivity contribution in [3.05, 3.63) is 194 Å². The molecule has 0 heterocycles. The van der Waals surface area contributed by atoms with E-state index in [9.17, 15) is 0 Å². The smallest absolute Gasteiger partial charge is 0.0287 e. The Kier molecular flexibility index (Phi) is 6.09. The van der Waals surface area contributed by atoms with Crippen molar-refractivity contribution in [3.63, 3.8) is 0 Å². The number of hydrogen-bond acceptors (Lipinski definition) is 0. The van der Waals surface area contributed by atoms with Crippen LogP contribution in [-0.4, -0.2) is 0 Å². The van der Waals surface area contributed by atoms with Crippen molar-refractivity contribution in [2.45, 2.75) is 19.8 Å². The summed E-state index contributed by atoms with van der Waals surface area (Å²) in [6, 6.07) is 48.8. The summed E-state index contributed by atoms with van der Waals surface area (Å²) in [7, 11) is 0. The fraction of sp³-hybridized carbons (Fsp3) is 0.0698. The van der Waals surface area contributed by atoms with E-state index >= 15 is 0 Å². The highest BCUT2D eigenvalue weighted by atomic mass is 14.3. The average Bonchev–Trinajstić information content (AvgIpc) is 3.63. The summed E-state index contributed by atoms with van der Waals surface area (Å²) in [4.78, 5) is 0. The Morgan fingerprint density at radius 3 is 1.93 bits per heavy atom. The quantitative estimate of drug-likeness (QED) is 0.206. The van der Waals surface area contributed by atoms with Gasteiger partial charge in [0.25, 0.3) is 0 Å². The Balaban J connectivity index is 1.43. The lowest BCUT2D eigenvalue weighted by Crippen LogP contribution is -2.25. The molecule has 0 saturated heterocycles. The van der Waals surface area contributed by atoms with Crippen LogP contribution in [0.2, 0.25) is 0 Å². The van der Waals surface area contributed by atoms with Gasteiger partial charge in [-0.25, -0.2) is 0 Å². The summed E-state index contributed by atoms with van der Waals surface area (Å²) >= 11 is 0. The largest absolute Gasteiger partial charge is 0.0720 e. The van der Waals surface area contributed by atoms with Gasteiger partial charge in [0.15, 0.2) is 0 Å². The first-order valence-electron chi connectivity index (χ1n) is 15.1. The second-order valence-corrected chi connectivity index (χ2v) is 11.8. The lowest BCUT2D eigenvalue weighted by molar-refractivity contribution is 1.01. The van der Waals surface area contributed by atoms with Gasteiger partial charge in [0.1, 0.15) is 0 Å². The second kappa shape index (κ2) is 10.3. The lowest BCUT2D eigenvalue weighted by atomic mass is 9.83. The van der Waals surface area contributed by atoms with Crippen LogP contribution in [-0.2, 0) is 0 Å². The Morgan fingerprint density at radius 2 is 1.23 bits per heavy atom. The molecule has 0 spiro atoms. The summed E-state index contributed by atoms with van der Waals surface area (Å²) in [5.41, 5.74) is 17.0. The maximum Gasteiger partial charge on any atom is 0.0287 e. The topological polar surface area (TPSA) is 0 Å². The van der Waals surface area contributed by atoms with Crippen molar-refractivity contribution in [1.82, 2.24) is 0 Å². The molecular formula is C43H32. The third-order valence-corrected chi connectivity index (χ3v) is 9.18. The summed E-state index contributed by atoms with van der Waals surface area (Å²) in [6.07, 6.45) is 7.17. The molecule has 2 aliphatic rings. The van der Waals surface area contributed by atoms with Gasteiger partial charge in [-0.3, -0.25) is 0 Å². The van der Waals surface area contributed by atoms with Crippen molar-refractivity contribution in [2.75, 3.05) is 0 Å². The molecule has 6 aromatic rings. The first kappa shape index (κ1) is 25.5. The van der Waals surface area contributed by atoms with E-state index in [1.807, 2.05) is 0 Å². The first-order chi connectivity index (χ1) is 21.2. The highest BCUT2D eigenvalue weighted by molar-refractivity contribution is 5.88. The molecule has 0 N–H and O–H groups in total. The van der Waals surface area contributed by atoms with E-state index in [4.69, 9.17) is 0 Å². The van der Waals surface area contributed by atoms with E-state index < -0.39 is 0 Å². The number of allylic oxidation sites excluding steroid dienone is 1. The van der Waals surface area contributed by atoms with Gasteiger partial charge in [-0.15, -0.1) is 0 Å². The van der Waals surface area contributed by atoms with E-state index in [0.29, 0.717) is 0 Å². The third-order valence-electron chi connectivity index (χ3n) is 9.18. The zero-order valence-electron chi connectivity index (χ0n) is 24.5. The monoisotopic (exact) mass is 548 g/mol. The van der Waals surface area contributed by atoms with Gasteiger partial charge in [0.2, 0.25) is 0 Å². The van der Waals surface area contributed by atoms with Gasteiger partial charge >= 0.3 is 0 Å². The molecule has 204 valence electrons. The maximum atomic E-state index is 2.46. The van der Waals surface area contributed by atoms with Crippen LogP contribution in [0.1, 0.15) is 50.4 Å².